The van der Waals surface area contributed by atoms with Gasteiger partial charge in [-0.25, -0.2) is 19.9 Å². The Morgan fingerprint density at radius 3 is 2.83 bits per heavy atom. The van der Waals surface area contributed by atoms with Crippen molar-refractivity contribution in [3.8, 4) is 0 Å². The Labute approximate surface area is 180 Å². The van der Waals surface area contributed by atoms with E-state index in [0.717, 1.165) is 48.0 Å². The molecule has 1 fully saturated rings. The van der Waals surface area contributed by atoms with Crippen LogP contribution in [0.4, 0.5) is 5.82 Å². The molecule has 30 heavy (non-hydrogen) atoms. The number of thiazole rings is 1. The minimum atomic E-state index is 0.00956. The molecule has 2 aromatic rings. The number of aliphatic imine (C=N–C) groups is 1. The second-order valence-electron chi connectivity index (χ2n) is 8.31. The Balaban J connectivity index is 1.46. The van der Waals surface area contributed by atoms with Crippen LogP contribution in [0.15, 0.2) is 52.4 Å². The fourth-order valence-corrected chi connectivity index (χ4v) is 5.02. The number of aromatic nitrogens is 3. The lowest BCUT2D eigenvalue weighted by molar-refractivity contribution is 0.208. The van der Waals surface area contributed by atoms with Gasteiger partial charge in [0.2, 0.25) is 0 Å². The Morgan fingerprint density at radius 2 is 2.00 bits per heavy atom. The lowest BCUT2D eigenvalue weighted by Crippen LogP contribution is -2.51. The Hall–Kier alpha value is -2.58. The largest absolute Gasteiger partial charge is 0.360 e. The van der Waals surface area contributed by atoms with Crippen molar-refractivity contribution in [1.29, 1.82) is 0 Å². The van der Waals surface area contributed by atoms with Crippen molar-refractivity contribution in [3.63, 3.8) is 0 Å². The number of nitrogens with zero attached hydrogens (tertiary/aromatic N) is 6. The standard InChI is InChI=1S/C22H27N7S/c1-14-5-4-6-16-11-17(27-21(18(14)16)29-9-7-28(3)8-10-29)15(2)26-20-19-22(24-12-23-20)30-13-25-19/h4-6,11-15,18H,7-10H2,1-3H3,(H,23,24,26)/t14?,15-,18?/m0/s1. The van der Waals surface area contributed by atoms with Crippen molar-refractivity contribution in [2.24, 2.45) is 16.8 Å². The first-order valence-electron chi connectivity index (χ1n) is 10.5. The molecule has 0 aromatic carbocycles. The summed E-state index contributed by atoms with van der Waals surface area (Å²) in [6.07, 6.45) is 10.6. The highest BCUT2D eigenvalue weighted by Crippen LogP contribution is 2.35. The molecule has 0 amide bonds. The molecule has 2 aliphatic heterocycles. The first-order valence-corrected chi connectivity index (χ1v) is 11.4. The van der Waals surface area contributed by atoms with Crippen LogP contribution in [0.2, 0.25) is 0 Å². The van der Waals surface area contributed by atoms with Crippen molar-refractivity contribution >= 4 is 33.3 Å². The van der Waals surface area contributed by atoms with Gasteiger partial charge in [-0.2, -0.15) is 0 Å². The van der Waals surface area contributed by atoms with E-state index in [1.165, 1.54) is 22.7 Å². The average Bonchev–Trinajstić information content (AvgIpc) is 3.24. The molecule has 4 heterocycles. The summed E-state index contributed by atoms with van der Waals surface area (Å²) in [7, 11) is 2.19. The number of piperazine rings is 1. The third kappa shape index (κ3) is 3.54. The van der Waals surface area contributed by atoms with E-state index < -0.39 is 0 Å². The van der Waals surface area contributed by atoms with Gasteiger partial charge >= 0.3 is 0 Å². The molecule has 8 heteroatoms. The second-order valence-corrected chi connectivity index (χ2v) is 9.15. The van der Waals surface area contributed by atoms with E-state index in [1.54, 1.807) is 6.33 Å². The summed E-state index contributed by atoms with van der Waals surface area (Å²) in [6, 6.07) is 0.00956. The fourth-order valence-electron chi connectivity index (χ4n) is 4.39. The van der Waals surface area contributed by atoms with Crippen LogP contribution in [0, 0.1) is 11.8 Å². The van der Waals surface area contributed by atoms with Gasteiger partial charge in [0.25, 0.3) is 0 Å². The van der Waals surface area contributed by atoms with Crippen molar-refractivity contribution in [2.75, 3.05) is 38.5 Å². The molecule has 1 aliphatic carbocycles. The summed E-state index contributed by atoms with van der Waals surface area (Å²) in [5.41, 5.74) is 5.01. The lowest BCUT2D eigenvalue weighted by atomic mass is 9.79. The smallest absolute Gasteiger partial charge is 0.157 e. The van der Waals surface area contributed by atoms with Gasteiger partial charge in [-0.3, -0.25) is 0 Å². The van der Waals surface area contributed by atoms with Crippen LogP contribution in [0.3, 0.4) is 0 Å². The predicted molar refractivity (Wildman–Crippen MR) is 123 cm³/mol. The summed E-state index contributed by atoms with van der Waals surface area (Å²) in [5.74, 6) is 2.75. The Kier molecular flexibility index (Phi) is 5.12. The van der Waals surface area contributed by atoms with E-state index >= 15 is 0 Å². The second kappa shape index (κ2) is 7.92. The molecule has 1 N–H and O–H groups in total. The Bertz CT molecular complexity index is 1060. The molecule has 156 valence electrons. The zero-order valence-electron chi connectivity index (χ0n) is 17.6. The molecule has 3 atom stereocenters. The monoisotopic (exact) mass is 421 g/mol. The van der Waals surface area contributed by atoms with Gasteiger partial charge in [-0.1, -0.05) is 25.2 Å². The van der Waals surface area contributed by atoms with Crippen LogP contribution in [0.25, 0.3) is 10.3 Å². The third-order valence-electron chi connectivity index (χ3n) is 6.18. The maximum atomic E-state index is 5.22. The van der Waals surface area contributed by atoms with Crippen LogP contribution < -0.4 is 5.32 Å². The highest BCUT2D eigenvalue weighted by molar-refractivity contribution is 7.16. The molecule has 3 aliphatic rings. The quantitative estimate of drug-likeness (QED) is 0.821. The van der Waals surface area contributed by atoms with Gasteiger partial charge in [0.05, 0.1) is 17.2 Å². The summed E-state index contributed by atoms with van der Waals surface area (Å²) in [6.45, 7) is 8.63. The number of allylic oxidation sites excluding steroid dienone is 4. The minimum absolute atomic E-state index is 0.00956. The molecule has 0 bridgehead atoms. The number of hydrogen-bond donors (Lipinski definition) is 1. The number of amidine groups is 1. The van der Waals surface area contributed by atoms with Crippen LogP contribution >= 0.6 is 11.3 Å². The molecule has 2 aromatic heterocycles. The molecular formula is C22H27N7S. The lowest BCUT2D eigenvalue weighted by Gasteiger charge is -2.41. The number of nitrogens with one attached hydrogen (secondary N) is 1. The normalized spacial score (nSPS) is 25.4. The first kappa shape index (κ1) is 19.4. The zero-order chi connectivity index (χ0) is 20.7. The molecule has 7 nitrogen and oxygen atoms in total. The van der Waals surface area contributed by atoms with Gasteiger partial charge in [-0.05, 0) is 31.5 Å². The van der Waals surface area contributed by atoms with E-state index in [4.69, 9.17) is 4.99 Å². The van der Waals surface area contributed by atoms with Gasteiger partial charge in [0.15, 0.2) is 5.82 Å². The molecule has 0 radical (unpaired) electrons. The van der Waals surface area contributed by atoms with E-state index in [9.17, 15) is 0 Å². The number of hydrogen-bond acceptors (Lipinski definition) is 8. The fraction of sp³-hybridized carbons (Fsp3) is 0.455. The van der Waals surface area contributed by atoms with Crippen LogP contribution in [0.5, 0.6) is 0 Å². The maximum absolute atomic E-state index is 5.22. The number of anilines is 1. The highest BCUT2D eigenvalue weighted by Gasteiger charge is 2.34. The number of rotatable bonds is 3. The maximum Gasteiger partial charge on any atom is 0.157 e. The molecule has 0 spiro atoms. The van der Waals surface area contributed by atoms with Crippen molar-refractivity contribution in [1.82, 2.24) is 24.8 Å². The van der Waals surface area contributed by atoms with E-state index in [1.807, 2.05) is 5.51 Å². The predicted octanol–water partition coefficient (Wildman–Crippen LogP) is 3.18. The Morgan fingerprint density at radius 1 is 1.17 bits per heavy atom. The minimum Gasteiger partial charge on any atom is -0.360 e. The van der Waals surface area contributed by atoms with Gasteiger partial charge in [0, 0.05) is 32.1 Å². The molecule has 2 unspecified atom stereocenters. The summed E-state index contributed by atoms with van der Waals surface area (Å²) in [5, 5.41) is 3.52. The molecule has 0 saturated carbocycles. The van der Waals surface area contributed by atoms with Crippen LogP contribution in [-0.2, 0) is 0 Å². The summed E-state index contributed by atoms with van der Waals surface area (Å²) in [4.78, 5) is 24.1. The first-order chi connectivity index (χ1) is 14.6. The highest BCUT2D eigenvalue weighted by atomic mass is 32.1. The SMILES string of the molecule is CC1C=CC=C2C=C([C@H](C)Nc3ncnc4scnc34)N=C(N3CCN(C)CC3)C21. The molecular weight excluding hydrogens is 394 g/mol. The van der Waals surface area contributed by atoms with E-state index in [0.29, 0.717) is 11.8 Å². The average molecular weight is 422 g/mol. The van der Waals surface area contributed by atoms with Gasteiger partial charge < -0.3 is 15.1 Å². The summed E-state index contributed by atoms with van der Waals surface area (Å²) >= 11 is 1.53. The zero-order valence-corrected chi connectivity index (χ0v) is 18.4. The van der Waals surface area contributed by atoms with Crippen molar-refractivity contribution < 1.29 is 0 Å². The van der Waals surface area contributed by atoms with E-state index in [2.05, 4.69) is 75.3 Å². The molecule has 1 saturated heterocycles. The summed E-state index contributed by atoms with van der Waals surface area (Å²) < 4.78 is 0. The van der Waals surface area contributed by atoms with Gasteiger partial charge in [0.1, 0.15) is 22.5 Å². The number of fused-ring (bicyclic) bond motifs is 2. The van der Waals surface area contributed by atoms with Crippen molar-refractivity contribution in [3.05, 3.63) is 47.4 Å². The van der Waals surface area contributed by atoms with Gasteiger partial charge in [-0.15, -0.1) is 11.3 Å². The van der Waals surface area contributed by atoms with Crippen molar-refractivity contribution in [2.45, 2.75) is 19.9 Å². The van der Waals surface area contributed by atoms with Crippen LogP contribution in [0.1, 0.15) is 13.8 Å². The topological polar surface area (TPSA) is 69.5 Å². The third-order valence-corrected chi connectivity index (χ3v) is 6.92. The number of likely N-dealkylation sites (N-methyl/N-ethyl adjacent to an activating group) is 1. The van der Waals surface area contributed by atoms with E-state index in [-0.39, 0.29) is 6.04 Å². The molecule has 5 rings (SSSR count). The van der Waals surface area contributed by atoms with Crippen LogP contribution in [-0.4, -0.2) is 69.9 Å².